The summed E-state index contributed by atoms with van der Waals surface area (Å²) in [6.07, 6.45) is 1.87. The highest BCUT2D eigenvalue weighted by Crippen LogP contribution is 2.25. The molecule has 0 aliphatic carbocycles. The Balaban J connectivity index is 1.48. The number of hydrogen-bond acceptors (Lipinski definition) is 6. The molecule has 1 fully saturated rings. The summed E-state index contributed by atoms with van der Waals surface area (Å²) in [6.45, 7) is 10.5. The number of anilines is 3. The zero-order chi connectivity index (χ0) is 20.7. The Morgan fingerprint density at radius 3 is 2.57 bits per heavy atom. The van der Waals surface area contributed by atoms with E-state index in [0.717, 1.165) is 54.2 Å². The van der Waals surface area contributed by atoms with Gasteiger partial charge in [0.05, 0.1) is 11.4 Å². The maximum absolute atomic E-state index is 4.84. The van der Waals surface area contributed by atoms with Crippen LogP contribution in [-0.4, -0.2) is 45.5 Å². The van der Waals surface area contributed by atoms with Gasteiger partial charge in [-0.3, -0.25) is 4.40 Å². The molecule has 4 aromatic rings. The molecule has 0 saturated carbocycles. The van der Waals surface area contributed by atoms with E-state index in [1.165, 1.54) is 11.4 Å². The number of aromatic nitrogens is 4. The Labute approximate surface area is 176 Å². The maximum atomic E-state index is 4.84. The monoisotopic (exact) mass is 401 g/mol. The van der Waals surface area contributed by atoms with Crippen molar-refractivity contribution in [1.82, 2.24) is 24.7 Å². The molecule has 5 rings (SSSR count). The number of nitrogens with one attached hydrogen (secondary N) is 2. The zero-order valence-electron chi connectivity index (χ0n) is 17.7. The third-order valence-corrected chi connectivity index (χ3v) is 5.73. The first-order chi connectivity index (χ1) is 14.6. The Morgan fingerprint density at radius 2 is 1.80 bits per heavy atom. The molecule has 0 spiro atoms. The minimum Gasteiger partial charge on any atom is -0.368 e. The Bertz CT molecular complexity index is 1210. The molecule has 1 aliphatic rings. The van der Waals surface area contributed by atoms with Crippen LogP contribution < -0.4 is 15.5 Å². The van der Waals surface area contributed by atoms with E-state index >= 15 is 0 Å². The van der Waals surface area contributed by atoms with Gasteiger partial charge in [-0.2, -0.15) is 4.98 Å². The number of nitrogens with zero attached hydrogens (tertiary/aromatic N) is 5. The maximum Gasteiger partial charge on any atom is 0.230 e. The zero-order valence-corrected chi connectivity index (χ0v) is 17.7. The third kappa shape index (κ3) is 3.35. The molecule has 154 valence electrons. The summed E-state index contributed by atoms with van der Waals surface area (Å²) in [6, 6.07) is 12.7. The van der Waals surface area contributed by atoms with Crippen LogP contribution >= 0.6 is 0 Å². The predicted molar refractivity (Wildman–Crippen MR) is 122 cm³/mol. The molecule has 7 nitrogen and oxygen atoms in total. The van der Waals surface area contributed by atoms with Gasteiger partial charge in [-0.25, -0.2) is 9.97 Å². The van der Waals surface area contributed by atoms with Gasteiger partial charge >= 0.3 is 0 Å². The highest BCUT2D eigenvalue weighted by molar-refractivity contribution is 5.80. The average Bonchev–Trinajstić information content (AvgIpc) is 3.20. The van der Waals surface area contributed by atoms with Crippen LogP contribution in [0, 0.1) is 6.92 Å². The fraction of sp³-hybridized carbons (Fsp3) is 0.348. The van der Waals surface area contributed by atoms with E-state index in [4.69, 9.17) is 9.97 Å². The molecule has 30 heavy (non-hydrogen) atoms. The number of fused-ring (bicyclic) bond motifs is 3. The number of rotatable bonds is 4. The largest absolute Gasteiger partial charge is 0.368 e. The lowest BCUT2D eigenvalue weighted by molar-refractivity contribution is 0.588. The minimum atomic E-state index is 0.409. The molecule has 4 aromatic heterocycles. The molecule has 0 bridgehead atoms. The van der Waals surface area contributed by atoms with Crippen LogP contribution in [-0.2, 0) is 0 Å². The molecule has 1 aliphatic heterocycles. The molecule has 0 unspecified atom stereocenters. The van der Waals surface area contributed by atoms with Crippen molar-refractivity contribution < 1.29 is 0 Å². The van der Waals surface area contributed by atoms with E-state index in [1.54, 1.807) is 0 Å². The second kappa shape index (κ2) is 7.57. The molecule has 0 amide bonds. The van der Waals surface area contributed by atoms with Gasteiger partial charge in [0.1, 0.15) is 11.5 Å². The number of piperazine rings is 1. The van der Waals surface area contributed by atoms with Crippen molar-refractivity contribution in [3.63, 3.8) is 0 Å². The smallest absolute Gasteiger partial charge is 0.230 e. The minimum absolute atomic E-state index is 0.409. The standard InChI is InChI=1S/C23H27N7/c1-15(2)19-7-6-18-5-4-17-14-25-23(28-22(17)30(18)19)27-21-9-8-20(16(3)26-21)29-12-10-24-11-13-29/h4-9,14-15,24H,10-13H2,1-3H3,(H,25,26,27,28). The SMILES string of the molecule is Cc1nc(Nc2ncc3ccc4ccc(C(C)C)n4c3n2)ccc1N1CCNCC1. The molecule has 0 aromatic carbocycles. The van der Waals surface area contributed by atoms with Crippen molar-refractivity contribution in [3.8, 4) is 0 Å². The van der Waals surface area contributed by atoms with E-state index in [-0.39, 0.29) is 0 Å². The Hall–Kier alpha value is -3.19. The molecule has 7 heteroatoms. The van der Waals surface area contributed by atoms with Crippen LogP contribution in [0.25, 0.3) is 16.6 Å². The lowest BCUT2D eigenvalue weighted by Gasteiger charge is -2.30. The quantitative estimate of drug-likeness (QED) is 0.541. The van der Waals surface area contributed by atoms with Crippen LogP contribution in [0.5, 0.6) is 0 Å². The normalized spacial score (nSPS) is 14.7. The van der Waals surface area contributed by atoms with Crippen molar-refractivity contribution in [2.24, 2.45) is 0 Å². The molecular weight excluding hydrogens is 374 g/mol. The Kier molecular flexibility index (Phi) is 4.75. The van der Waals surface area contributed by atoms with Crippen LogP contribution in [0.15, 0.2) is 42.6 Å². The molecule has 5 heterocycles. The van der Waals surface area contributed by atoms with Crippen molar-refractivity contribution in [3.05, 3.63) is 54.0 Å². The first-order valence-corrected chi connectivity index (χ1v) is 10.6. The van der Waals surface area contributed by atoms with Gasteiger partial charge in [-0.1, -0.05) is 13.8 Å². The van der Waals surface area contributed by atoms with Gasteiger partial charge in [-0.05, 0) is 49.2 Å². The van der Waals surface area contributed by atoms with Gasteiger partial charge in [0.2, 0.25) is 5.95 Å². The van der Waals surface area contributed by atoms with Crippen molar-refractivity contribution in [2.75, 3.05) is 36.4 Å². The molecule has 0 radical (unpaired) electrons. The lowest BCUT2D eigenvalue weighted by atomic mass is 10.1. The van der Waals surface area contributed by atoms with Crippen LogP contribution in [0.2, 0.25) is 0 Å². The summed E-state index contributed by atoms with van der Waals surface area (Å²) in [7, 11) is 0. The van der Waals surface area contributed by atoms with Crippen molar-refractivity contribution in [1.29, 1.82) is 0 Å². The van der Waals surface area contributed by atoms with Crippen LogP contribution in [0.3, 0.4) is 0 Å². The first kappa shape index (κ1) is 18.8. The van der Waals surface area contributed by atoms with Gasteiger partial charge < -0.3 is 15.5 Å². The van der Waals surface area contributed by atoms with Gasteiger partial charge in [0, 0.05) is 49.0 Å². The summed E-state index contributed by atoms with van der Waals surface area (Å²) in [5, 5.41) is 7.70. The lowest BCUT2D eigenvalue weighted by Crippen LogP contribution is -2.43. The molecule has 0 atom stereocenters. The van der Waals surface area contributed by atoms with Gasteiger partial charge in [0.15, 0.2) is 0 Å². The van der Waals surface area contributed by atoms with Crippen molar-refractivity contribution in [2.45, 2.75) is 26.7 Å². The van der Waals surface area contributed by atoms with Gasteiger partial charge in [0.25, 0.3) is 0 Å². The highest BCUT2D eigenvalue weighted by atomic mass is 15.2. The van der Waals surface area contributed by atoms with E-state index < -0.39 is 0 Å². The number of hydrogen-bond donors (Lipinski definition) is 2. The van der Waals surface area contributed by atoms with E-state index in [1.807, 2.05) is 12.3 Å². The third-order valence-electron chi connectivity index (χ3n) is 5.73. The predicted octanol–water partition coefficient (Wildman–Crippen LogP) is 3.86. The highest BCUT2D eigenvalue weighted by Gasteiger charge is 2.15. The van der Waals surface area contributed by atoms with E-state index in [2.05, 4.69) is 76.0 Å². The fourth-order valence-corrected chi connectivity index (χ4v) is 4.19. The van der Waals surface area contributed by atoms with Crippen LogP contribution in [0.4, 0.5) is 17.5 Å². The number of aryl methyl sites for hydroxylation is 1. The first-order valence-electron chi connectivity index (χ1n) is 10.6. The summed E-state index contributed by atoms with van der Waals surface area (Å²) in [4.78, 5) is 16.5. The van der Waals surface area contributed by atoms with E-state index in [9.17, 15) is 0 Å². The molecule has 2 N–H and O–H groups in total. The van der Waals surface area contributed by atoms with Gasteiger partial charge in [-0.15, -0.1) is 0 Å². The second-order valence-electron chi connectivity index (χ2n) is 8.14. The second-order valence-corrected chi connectivity index (χ2v) is 8.14. The molecular formula is C23H27N7. The van der Waals surface area contributed by atoms with E-state index in [0.29, 0.717) is 11.9 Å². The summed E-state index contributed by atoms with van der Waals surface area (Å²) in [5.41, 5.74) is 5.50. The Morgan fingerprint density at radius 1 is 1.00 bits per heavy atom. The summed E-state index contributed by atoms with van der Waals surface area (Å²) >= 11 is 0. The fourth-order valence-electron chi connectivity index (χ4n) is 4.19. The topological polar surface area (TPSA) is 70.4 Å². The van der Waals surface area contributed by atoms with Crippen LogP contribution in [0.1, 0.15) is 31.2 Å². The summed E-state index contributed by atoms with van der Waals surface area (Å²) < 4.78 is 2.22. The summed E-state index contributed by atoms with van der Waals surface area (Å²) in [5.74, 6) is 1.72. The number of pyridine rings is 2. The molecule has 1 saturated heterocycles. The average molecular weight is 402 g/mol. The van der Waals surface area contributed by atoms with Crippen molar-refractivity contribution >= 4 is 34.0 Å².